The van der Waals surface area contributed by atoms with Crippen molar-refractivity contribution in [3.05, 3.63) is 17.5 Å². The van der Waals surface area contributed by atoms with Crippen LogP contribution in [-0.2, 0) is 17.5 Å². The largest absolute Gasteiger partial charge is 0.435 e. The van der Waals surface area contributed by atoms with Crippen molar-refractivity contribution in [3.63, 3.8) is 0 Å². The highest BCUT2D eigenvalue weighted by atomic mass is 19.4. The zero-order valence-electron chi connectivity index (χ0n) is 6.72. The summed E-state index contributed by atoms with van der Waals surface area (Å²) in [7, 11) is 0. The third-order valence-corrected chi connectivity index (χ3v) is 1.49. The molecule has 0 aliphatic carbocycles. The zero-order valence-corrected chi connectivity index (χ0v) is 6.72. The van der Waals surface area contributed by atoms with E-state index in [1.54, 1.807) is 0 Å². The fourth-order valence-electron chi connectivity index (χ4n) is 0.870. The molecule has 1 rings (SSSR count). The van der Waals surface area contributed by atoms with Gasteiger partial charge in [0.05, 0.1) is 0 Å². The van der Waals surface area contributed by atoms with Crippen molar-refractivity contribution >= 4 is 6.29 Å². The first-order valence-corrected chi connectivity index (χ1v) is 3.42. The van der Waals surface area contributed by atoms with Crippen LogP contribution in [0.15, 0.2) is 6.07 Å². The molecule has 0 aliphatic heterocycles. The Labute approximate surface area is 72.2 Å². The fourth-order valence-corrected chi connectivity index (χ4v) is 0.870. The van der Waals surface area contributed by atoms with Gasteiger partial charge in [-0.3, -0.25) is 9.48 Å². The van der Waals surface area contributed by atoms with E-state index < -0.39 is 11.9 Å². The lowest BCUT2D eigenvalue weighted by atomic mass is 10.4. The number of hydrogen-bond acceptors (Lipinski definition) is 2. The number of aromatic nitrogens is 2. The van der Waals surface area contributed by atoms with Crippen molar-refractivity contribution in [1.82, 2.24) is 9.78 Å². The van der Waals surface area contributed by atoms with Crippen LogP contribution in [0.25, 0.3) is 0 Å². The van der Waals surface area contributed by atoms with E-state index in [9.17, 15) is 18.0 Å². The lowest BCUT2D eigenvalue weighted by molar-refractivity contribution is -0.141. The summed E-state index contributed by atoms with van der Waals surface area (Å²) >= 11 is 0. The Balaban J connectivity index is 3.01. The molecule has 3 nitrogen and oxygen atoms in total. The minimum atomic E-state index is -4.46. The topological polar surface area (TPSA) is 34.9 Å². The Morgan fingerprint density at radius 3 is 2.62 bits per heavy atom. The molecule has 0 fully saturated rings. The highest BCUT2D eigenvalue weighted by Gasteiger charge is 2.34. The minimum Gasteiger partial charge on any atom is -0.289 e. The van der Waals surface area contributed by atoms with Crippen LogP contribution in [0, 0.1) is 6.92 Å². The summed E-state index contributed by atoms with van der Waals surface area (Å²) in [4.78, 5) is 9.92. The van der Waals surface area contributed by atoms with Gasteiger partial charge in [0.2, 0.25) is 6.29 Å². The fraction of sp³-hybridized carbons (Fsp3) is 0.429. The first-order valence-electron chi connectivity index (χ1n) is 3.42. The number of rotatable bonds is 2. The van der Waals surface area contributed by atoms with Crippen molar-refractivity contribution < 1.29 is 18.0 Å². The van der Waals surface area contributed by atoms with E-state index in [2.05, 4.69) is 5.10 Å². The molecular weight excluding hydrogens is 185 g/mol. The number of alkyl halides is 3. The third kappa shape index (κ3) is 2.07. The maximum Gasteiger partial charge on any atom is 0.435 e. The average Bonchev–Trinajstić information content (AvgIpc) is 2.32. The summed E-state index contributed by atoms with van der Waals surface area (Å²) in [6.45, 7) is 1.17. The highest BCUT2D eigenvalue weighted by Crippen LogP contribution is 2.28. The van der Waals surface area contributed by atoms with Gasteiger partial charge in [0.1, 0.15) is 6.54 Å². The van der Waals surface area contributed by atoms with E-state index in [0.29, 0.717) is 0 Å². The Morgan fingerprint density at radius 2 is 2.23 bits per heavy atom. The van der Waals surface area contributed by atoms with Crippen LogP contribution >= 0.6 is 0 Å². The first-order chi connectivity index (χ1) is 5.95. The molecule has 0 saturated heterocycles. The van der Waals surface area contributed by atoms with Gasteiger partial charge in [0, 0.05) is 5.69 Å². The molecule has 0 aliphatic rings. The Kier molecular flexibility index (Phi) is 2.40. The lowest BCUT2D eigenvalue weighted by Gasteiger charge is -1.99. The second-order valence-electron chi connectivity index (χ2n) is 2.47. The maximum atomic E-state index is 12.0. The summed E-state index contributed by atoms with van der Waals surface area (Å²) in [5.41, 5.74) is -0.698. The maximum absolute atomic E-state index is 12.0. The number of halogens is 3. The summed E-state index contributed by atoms with van der Waals surface area (Å²) in [5, 5.41) is 3.20. The molecule has 0 spiro atoms. The normalized spacial score (nSPS) is 11.7. The van der Waals surface area contributed by atoms with Gasteiger partial charge in [-0.25, -0.2) is 0 Å². The monoisotopic (exact) mass is 191 g/mol. The summed E-state index contributed by atoms with van der Waals surface area (Å²) in [5.74, 6) is 0. The number of carbonyl (C=O) groups excluding carboxylic acids is 1. The van der Waals surface area contributed by atoms with Crippen LogP contribution in [0.2, 0.25) is 0 Å². The van der Waals surface area contributed by atoms with E-state index in [1.165, 1.54) is 13.2 Å². The molecule has 13 heavy (non-hydrogen) atoms. The molecule has 1 heterocycles. The quantitative estimate of drug-likeness (QED) is 0.706. The van der Waals surface area contributed by atoms with Crippen molar-refractivity contribution in [2.45, 2.75) is 19.6 Å². The van der Waals surface area contributed by atoms with Gasteiger partial charge >= 0.3 is 6.18 Å². The van der Waals surface area contributed by atoms with Crippen LogP contribution < -0.4 is 0 Å². The molecule has 0 bridgehead atoms. The third-order valence-electron chi connectivity index (χ3n) is 1.49. The van der Waals surface area contributed by atoms with Gasteiger partial charge in [-0.05, 0) is 13.0 Å². The van der Waals surface area contributed by atoms with E-state index in [1.807, 2.05) is 0 Å². The molecular formula is C7H6F3N2O. The molecule has 0 N–H and O–H groups in total. The average molecular weight is 191 g/mol. The molecule has 0 amide bonds. The SMILES string of the molecule is Cc1cc(C(F)(F)F)nn1C[C]=O. The molecule has 0 saturated carbocycles. The number of aryl methyl sites for hydroxylation is 1. The van der Waals surface area contributed by atoms with Crippen LogP contribution in [0.4, 0.5) is 13.2 Å². The molecule has 1 radical (unpaired) electrons. The molecule has 6 heteroatoms. The number of nitrogens with zero attached hydrogens (tertiary/aromatic N) is 2. The van der Waals surface area contributed by atoms with Crippen LogP contribution in [0.5, 0.6) is 0 Å². The van der Waals surface area contributed by atoms with E-state index >= 15 is 0 Å². The molecule has 0 unspecified atom stereocenters. The lowest BCUT2D eigenvalue weighted by Crippen LogP contribution is -2.08. The predicted octanol–water partition coefficient (Wildman–Crippen LogP) is 1.32. The van der Waals surface area contributed by atoms with Crippen LogP contribution in [-0.4, -0.2) is 16.1 Å². The van der Waals surface area contributed by atoms with Gasteiger partial charge in [-0.1, -0.05) is 0 Å². The molecule has 1 aromatic rings. The Hall–Kier alpha value is -1.33. The van der Waals surface area contributed by atoms with Gasteiger partial charge < -0.3 is 0 Å². The second kappa shape index (κ2) is 3.20. The van der Waals surface area contributed by atoms with Gasteiger partial charge in [0.15, 0.2) is 5.69 Å². The molecule has 0 aromatic carbocycles. The highest BCUT2D eigenvalue weighted by molar-refractivity contribution is 5.50. The summed E-state index contributed by atoms with van der Waals surface area (Å²) < 4.78 is 37.1. The van der Waals surface area contributed by atoms with Crippen molar-refractivity contribution in [1.29, 1.82) is 0 Å². The standard InChI is InChI=1S/C7H6F3N2O/c1-5-4-6(7(8,9)10)11-12(5)2-3-13/h4H,2H2,1H3. The molecule has 0 atom stereocenters. The Bertz CT molecular complexity index is 316. The Morgan fingerprint density at radius 1 is 1.62 bits per heavy atom. The molecule has 1 aromatic heterocycles. The van der Waals surface area contributed by atoms with Crippen molar-refractivity contribution in [3.8, 4) is 0 Å². The van der Waals surface area contributed by atoms with E-state index in [0.717, 1.165) is 10.7 Å². The van der Waals surface area contributed by atoms with Crippen LogP contribution in [0.3, 0.4) is 0 Å². The van der Waals surface area contributed by atoms with Gasteiger partial charge in [0.25, 0.3) is 0 Å². The van der Waals surface area contributed by atoms with Crippen molar-refractivity contribution in [2.75, 3.05) is 0 Å². The summed E-state index contributed by atoms with van der Waals surface area (Å²) in [6, 6.07) is 0.886. The zero-order chi connectivity index (χ0) is 10.1. The van der Waals surface area contributed by atoms with E-state index in [-0.39, 0.29) is 12.2 Å². The van der Waals surface area contributed by atoms with Crippen molar-refractivity contribution in [2.24, 2.45) is 0 Å². The second-order valence-corrected chi connectivity index (χ2v) is 2.47. The summed E-state index contributed by atoms with van der Waals surface area (Å²) in [6.07, 6.45) is -2.99. The smallest absolute Gasteiger partial charge is 0.289 e. The number of hydrogen-bond donors (Lipinski definition) is 0. The van der Waals surface area contributed by atoms with Gasteiger partial charge in [-0.2, -0.15) is 18.3 Å². The van der Waals surface area contributed by atoms with Gasteiger partial charge in [-0.15, -0.1) is 0 Å². The molecule has 71 valence electrons. The minimum absolute atomic E-state index is 0.276. The van der Waals surface area contributed by atoms with E-state index in [4.69, 9.17) is 0 Å². The predicted molar refractivity (Wildman–Crippen MR) is 37.7 cm³/mol. The first kappa shape index (κ1) is 9.76. The van der Waals surface area contributed by atoms with Crippen LogP contribution in [0.1, 0.15) is 11.4 Å².